The Hall–Kier alpha value is -1.92. The van der Waals surface area contributed by atoms with Gasteiger partial charge in [-0.2, -0.15) is 8.78 Å². The summed E-state index contributed by atoms with van der Waals surface area (Å²) >= 11 is 0.413. The van der Waals surface area contributed by atoms with Crippen LogP contribution in [0.15, 0.2) is 59.5 Å². The van der Waals surface area contributed by atoms with Gasteiger partial charge in [0.25, 0.3) is 5.76 Å². The zero-order valence-corrected chi connectivity index (χ0v) is 13.2. The molecule has 0 unspecified atom stereocenters. The van der Waals surface area contributed by atoms with E-state index in [0.717, 1.165) is 5.56 Å². The van der Waals surface area contributed by atoms with Crippen molar-refractivity contribution >= 4 is 23.4 Å². The third-order valence-electron chi connectivity index (χ3n) is 2.96. The van der Waals surface area contributed by atoms with E-state index in [1.54, 1.807) is 24.3 Å². The van der Waals surface area contributed by atoms with Crippen molar-refractivity contribution in [3.05, 3.63) is 60.2 Å². The Bertz CT molecular complexity index is 623. The molecule has 0 saturated carbocycles. The van der Waals surface area contributed by atoms with Gasteiger partial charge in [0.1, 0.15) is 0 Å². The molecule has 0 bridgehead atoms. The number of rotatable bonds is 8. The summed E-state index contributed by atoms with van der Waals surface area (Å²) in [6, 6.07) is 16.2. The molecule has 23 heavy (non-hydrogen) atoms. The quantitative estimate of drug-likeness (QED) is 0.567. The second kappa shape index (κ2) is 9.27. The number of halogens is 2. The van der Waals surface area contributed by atoms with Gasteiger partial charge in [-0.3, -0.25) is 4.79 Å². The Morgan fingerprint density at radius 1 is 1.09 bits per heavy atom. The summed E-state index contributed by atoms with van der Waals surface area (Å²) in [5.41, 5.74) is 1.43. The van der Waals surface area contributed by atoms with Crippen molar-refractivity contribution in [1.82, 2.24) is 0 Å². The first-order valence-corrected chi connectivity index (χ1v) is 7.98. The number of amides is 1. The molecule has 0 heterocycles. The second-order valence-corrected chi connectivity index (χ2v) is 5.74. The van der Waals surface area contributed by atoms with E-state index in [9.17, 15) is 13.6 Å². The summed E-state index contributed by atoms with van der Waals surface area (Å²) < 4.78 is 30.4. The zero-order chi connectivity index (χ0) is 16.5. The zero-order valence-electron chi connectivity index (χ0n) is 12.4. The maximum absolute atomic E-state index is 12.5. The number of benzene rings is 2. The number of carbonyl (C=O) groups excluding carboxylic acids is 1. The number of anilines is 1. The van der Waals surface area contributed by atoms with Gasteiger partial charge >= 0.3 is 0 Å². The molecule has 0 aromatic heterocycles. The van der Waals surface area contributed by atoms with Crippen LogP contribution in [0.3, 0.4) is 0 Å². The van der Waals surface area contributed by atoms with Crippen LogP contribution in [-0.4, -0.2) is 18.3 Å². The lowest BCUT2D eigenvalue weighted by molar-refractivity contribution is -0.117. The van der Waals surface area contributed by atoms with Crippen LogP contribution < -0.4 is 5.32 Å². The topological polar surface area (TPSA) is 38.3 Å². The molecule has 0 spiro atoms. The van der Waals surface area contributed by atoms with Gasteiger partial charge in [-0.1, -0.05) is 54.2 Å². The first kappa shape index (κ1) is 17.4. The largest absolute Gasteiger partial charge is 0.376 e. The molecule has 2 rings (SSSR count). The number of thioether (sulfide) groups is 1. The van der Waals surface area contributed by atoms with Gasteiger partial charge in [0.2, 0.25) is 5.91 Å². The molecule has 3 nitrogen and oxygen atoms in total. The fourth-order valence-electron chi connectivity index (χ4n) is 1.91. The first-order valence-electron chi connectivity index (χ1n) is 7.10. The average Bonchev–Trinajstić information content (AvgIpc) is 2.54. The summed E-state index contributed by atoms with van der Waals surface area (Å²) in [5, 5.41) is 2.64. The molecule has 0 aliphatic carbocycles. The Morgan fingerprint density at radius 3 is 2.52 bits per heavy atom. The van der Waals surface area contributed by atoms with E-state index >= 15 is 0 Å². The maximum Gasteiger partial charge on any atom is 0.288 e. The van der Waals surface area contributed by atoms with E-state index in [1.165, 1.54) is 0 Å². The molecule has 0 atom stereocenters. The van der Waals surface area contributed by atoms with E-state index < -0.39 is 5.76 Å². The monoisotopic (exact) mass is 337 g/mol. The minimum absolute atomic E-state index is 0.167. The summed E-state index contributed by atoms with van der Waals surface area (Å²) in [6.45, 7) is 0.705. The molecule has 0 saturated heterocycles. The van der Waals surface area contributed by atoms with Gasteiger partial charge < -0.3 is 10.1 Å². The molecular formula is C17H17F2NO2S. The van der Waals surface area contributed by atoms with Crippen LogP contribution in [0.1, 0.15) is 12.0 Å². The smallest absolute Gasteiger partial charge is 0.288 e. The summed E-state index contributed by atoms with van der Waals surface area (Å²) in [5.74, 6) is -2.79. The van der Waals surface area contributed by atoms with E-state index in [1.807, 2.05) is 30.3 Å². The van der Waals surface area contributed by atoms with Crippen LogP contribution in [0.5, 0.6) is 0 Å². The van der Waals surface area contributed by atoms with Crippen LogP contribution in [-0.2, 0) is 16.1 Å². The third-order valence-corrected chi connectivity index (χ3v) is 3.75. The average molecular weight is 337 g/mol. The highest BCUT2D eigenvalue weighted by Gasteiger charge is 2.11. The highest BCUT2D eigenvalue weighted by molar-refractivity contribution is 7.99. The minimum atomic E-state index is -2.53. The SMILES string of the molecule is O=C(CCOCc1ccccc1)Nc1ccccc1SC(F)F. The fraction of sp³-hybridized carbons (Fsp3) is 0.235. The number of hydrogen-bond donors (Lipinski definition) is 1. The normalized spacial score (nSPS) is 10.7. The maximum atomic E-state index is 12.5. The van der Waals surface area contributed by atoms with Crippen molar-refractivity contribution in [3.63, 3.8) is 0 Å². The van der Waals surface area contributed by atoms with Gasteiger partial charge in [0.15, 0.2) is 0 Å². The Morgan fingerprint density at radius 2 is 1.78 bits per heavy atom. The van der Waals surface area contributed by atoms with E-state index in [4.69, 9.17) is 4.74 Å². The van der Waals surface area contributed by atoms with E-state index in [0.29, 0.717) is 29.0 Å². The van der Waals surface area contributed by atoms with Crippen molar-refractivity contribution in [3.8, 4) is 0 Å². The number of carbonyl (C=O) groups is 1. The Kier molecular flexibility index (Phi) is 7.03. The van der Waals surface area contributed by atoms with Crippen LogP contribution in [0.2, 0.25) is 0 Å². The molecule has 0 aliphatic heterocycles. The van der Waals surface area contributed by atoms with Gasteiger partial charge in [-0.25, -0.2) is 0 Å². The Balaban J connectivity index is 1.76. The molecular weight excluding hydrogens is 320 g/mol. The third kappa shape index (κ3) is 6.38. The molecule has 0 aliphatic rings. The molecule has 1 amide bonds. The van der Waals surface area contributed by atoms with Gasteiger partial charge in [0.05, 0.1) is 25.3 Å². The minimum Gasteiger partial charge on any atom is -0.376 e. The van der Waals surface area contributed by atoms with Crippen LogP contribution in [0.4, 0.5) is 14.5 Å². The number of para-hydroxylation sites is 1. The summed E-state index contributed by atoms with van der Waals surface area (Å²) in [6.07, 6.45) is 0.167. The lowest BCUT2D eigenvalue weighted by Crippen LogP contribution is -2.14. The highest BCUT2D eigenvalue weighted by atomic mass is 32.2. The van der Waals surface area contributed by atoms with Crippen LogP contribution >= 0.6 is 11.8 Å². The molecule has 122 valence electrons. The number of nitrogens with one attached hydrogen (secondary N) is 1. The van der Waals surface area contributed by atoms with E-state index in [-0.39, 0.29) is 18.9 Å². The van der Waals surface area contributed by atoms with Gasteiger partial charge in [-0.15, -0.1) is 0 Å². The number of alkyl halides is 2. The predicted molar refractivity (Wildman–Crippen MR) is 87.6 cm³/mol. The van der Waals surface area contributed by atoms with Crippen LogP contribution in [0.25, 0.3) is 0 Å². The van der Waals surface area contributed by atoms with Gasteiger partial charge in [-0.05, 0) is 17.7 Å². The van der Waals surface area contributed by atoms with E-state index in [2.05, 4.69) is 5.32 Å². The molecule has 1 N–H and O–H groups in total. The molecule has 0 radical (unpaired) electrons. The van der Waals surface area contributed by atoms with Gasteiger partial charge in [0, 0.05) is 4.90 Å². The van der Waals surface area contributed by atoms with Crippen molar-refractivity contribution in [2.45, 2.75) is 23.7 Å². The van der Waals surface area contributed by atoms with Crippen molar-refractivity contribution in [2.24, 2.45) is 0 Å². The first-order chi connectivity index (χ1) is 11.1. The summed E-state index contributed by atoms with van der Waals surface area (Å²) in [7, 11) is 0. The fourth-order valence-corrected chi connectivity index (χ4v) is 2.51. The highest BCUT2D eigenvalue weighted by Crippen LogP contribution is 2.31. The lowest BCUT2D eigenvalue weighted by Gasteiger charge is -2.10. The van der Waals surface area contributed by atoms with Crippen molar-refractivity contribution in [2.75, 3.05) is 11.9 Å². The Labute approximate surface area is 138 Å². The summed E-state index contributed by atoms with van der Waals surface area (Å²) in [4.78, 5) is 12.2. The van der Waals surface area contributed by atoms with Crippen molar-refractivity contribution < 1.29 is 18.3 Å². The predicted octanol–water partition coefficient (Wildman–Crippen LogP) is 4.55. The number of hydrogen-bond acceptors (Lipinski definition) is 3. The molecule has 2 aromatic rings. The molecule has 2 aromatic carbocycles. The number of ether oxygens (including phenoxy) is 1. The molecule has 0 fully saturated rings. The standard InChI is InChI=1S/C17H17F2NO2S/c18-17(19)23-15-9-5-4-8-14(15)20-16(21)10-11-22-12-13-6-2-1-3-7-13/h1-9,17H,10-12H2,(H,20,21). The molecule has 6 heteroatoms. The second-order valence-electron chi connectivity index (χ2n) is 4.71. The van der Waals surface area contributed by atoms with Crippen LogP contribution in [0, 0.1) is 0 Å². The van der Waals surface area contributed by atoms with Crippen molar-refractivity contribution in [1.29, 1.82) is 0 Å². The lowest BCUT2D eigenvalue weighted by atomic mass is 10.2.